The van der Waals surface area contributed by atoms with Crippen molar-refractivity contribution < 1.29 is 14.3 Å². The van der Waals surface area contributed by atoms with Crippen LogP contribution in [0.4, 0.5) is 5.69 Å². The van der Waals surface area contributed by atoms with Crippen LogP contribution in [-0.2, 0) is 0 Å². The second-order valence-electron chi connectivity index (χ2n) is 4.93. The highest BCUT2D eigenvalue weighted by molar-refractivity contribution is 6.06. The molecule has 1 amide bonds. The quantitative estimate of drug-likeness (QED) is 0.767. The first-order chi connectivity index (χ1) is 11.8. The van der Waals surface area contributed by atoms with Crippen LogP contribution in [0.1, 0.15) is 10.4 Å². The largest absolute Gasteiger partial charge is 0.496 e. The molecule has 0 saturated heterocycles. The molecule has 5 nitrogen and oxygen atoms in total. The standard InChI is InChI=1S/C19H16N2O3/c1-23-17-12-6-5-10-15(17)18(22)21-16-11-7-13-20-19(16)24-14-8-3-2-4-9-14/h2-13H,1H3,(H,21,22). The van der Waals surface area contributed by atoms with Crippen molar-refractivity contribution in [3.8, 4) is 17.4 Å². The number of amides is 1. The first-order valence-corrected chi connectivity index (χ1v) is 7.40. The smallest absolute Gasteiger partial charge is 0.259 e. The number of rotatable bonds is 5. The van der Waals surface area contributed by atoms with E-state index in [1.807, 2.05) is 36.4 Å². The van der Waals surface area contributed by atoms with Gasteiger partial charge in [-0.2, -0.15) is 0 Å². The Morgan fingerprint density at radius 2 is 1.71 bits per heavy atom. The lowest BCUT2D eigenvalue weighted by molar-refractivity contribution is 0.102. The van der Waals surface area contributed by atoms with Crippen LogP contribution >= 0.6 is 0 Å². The highest BCUT2D eigenvalue weighted by Gasteiger charge is 2.14. The highest BCUT2D eigenvalue weighted by Crippen LogP contribution is 2.28. The van der Waals surface area contributed by atoms with Crippen molar-refractivity contribution in [2.24, 2.45) is 0 Å². The summed E-state index contributed by atoms with van der Waals surface area (Å²) in [6.45, 7) is 0. The van der Waals surface area contributed by atoms with E-state index in [9.17, 15) is 4.79 Å². The van der Waals surface area contributed by atoms with Gasteiger partial charge in [-0.3, -0.25) is 4.79 Å². The van der Waals surface area contributed by atoms with Gasteiger partial charge in [0.15, 0.2) is 0 Å². The number of carbonyl (C=O) groups is 1. The van der Waals surface area contributed by atoms with Gasteiger partial charge in [0.05, 0.1) is 12.7 Å². The van der Waals surface area contributed by atoms with E-state index in [2.05, 4.69) is 10.3 Å². The second-order valence-corrected chi connectivity index (χ2v) is 4.93. The molecule has 0 unspecified atom stereocenters. The Kier molecular flexibility index (Phi) is 4.72. The Morgan fingerprint density at radius 1 is 0.958 bits per heavy atom. The molecular formula is C19H16N2O3. The number of anilines is 1. The van der Waals surface area contributed by atoms with Crippen LogP contribution < -0.4 is 14.8 Å². The van der Waals surface area contributed by atoms with Crippen molar-refractivity contribution in [1.29, 1.82) is 0 Å². The lowest BCUT2D eigenvalue weighted by Crippen LogP contribution is -2.14. The normalized spacial score (nSPS) is 10.0. The van der Waals surface area contributed by atoms with Crippen molar-refractivity contribution in [3.63, 3.8) is 0 Å². The number of ether oxygens (including phenoxy) is 2. The third-order valence-corrected chi connectivity index (χ3v) is 3.33. The fourth-order valence-corrected chi connectivity index (χ4v) is 2.19. The zero-order chi connectivity index (χ0) is 16.8. The summed E-state index contributed by atoms with van der Waals surface area (Å²) in [5, 5.41) is 2.82. The topological polar surface area (TPSA) is 60.5 Å². The first kappa shape index (κ1) is 15.6. The maximum atomic E-state index is 12.5. The molecule has 0 atom stereocenters. The summed E-state index contributed by atoms with van der Waals surface area (Å²) >= 11 is 0. The van der Waals surface area contributed by atoms with Gasteiger partial charge in [0, 0.05) is 6.20 Å². The lowest BCUT2D eigenvalue weighted by Gasteiger charge is -2.12. The van der Waals surface area contributed by atoms with Crippen LogP contribution in [0, 0.1) is 0 Å². The van der Waals surface area contributed by atoms with Gasteiger partial charge in [-0.15, -0.1) is 0 Å². The number of nitrogens with zero attached hydrogens (tertiary/aromatic N) is 1. The number of hydrogen-bond acceptors (Lipinski definition) is 4. The number of para-hydroxylation sites is 2. The average molecular weight is 320 g/mol. The summed E-state index contributed by atoms with van der Waals surface area (Å²) in [6, 6.07) is 19.8. The van der Waals surface area contributed by atoms with Gasteiger partial charge >= 0.3 is 0 Å². The molecule has 0 bridgehead atoms. The van der Waals surface area contributed by atoms with Crippen LogP contribution in [0.15, 0.2) is 72.9 Å². The zero-order valence-corrected chi connectivity index (χ0v) is 13.1. The van der Waals surface area contributed by atoms with Gasteiger partial charge in [-0.25, -0.2) is 4.98 Å². The summed E-state index contributed by atoms with van der Waals surface area (Å²) in [6.07, 6.45) is 1.61. The molecule has 1 N–H and O–H groups in total. The fourth-order valence-electron chi connectivity index (χ4n) is 2.19. The molecule has 0 saturated carbocycles. The van der Waals surface area contributed by atoms with Crippen LogP contribution in [0.3, 0.4) is 0 Å². The average Bonchev–Trinajstić information content (AvgIpc) is 2.64. The molecule has 24 heavy (non-hydrogen) atoms. The molecule has 0 aliphatic carbocycles. The zero-order valence-electron chi connectivity index (χ0n) is 13.1. The molecule has 120 valence electrons. The van der Waals surface area contributed by atoms with Gasteiger partial charge in [-0.1, -0.05) is 30.3 Å². The lowest BCUT2D eigenvalue weighted by atomic mass is 10.2. The van der Waals surface area contributed by atoms with Gasteiger partial charge in [0.25, 0.3) is 5.91 Å². The van der Waals surface area contributed by atoms with Crippen LogP contribution in [0.5, 0.6) is 17.4 Å². The van der Waals surface area contributed by atoms with Gasteiger partial charge in [0.1, 0.15) is 17.2 Å². The molecule has 0 aliphatic rings. The molecular weight excluding hydrogens is 304 g/mol. The summed E-state index contributed by atoms with van der Waals surface area (Å²) in [5.41, 5.74) is 0.923. The maximum absolute atomic E-state index is 12.5. The number of carbonyl (C=O) groups excluding carboxylic acids is 1. The Labute approximate surface area is 139 Å². The number of pyridine rings is 1. The van der Waals surface area contributed by atoms with Crippen molar-refractivity contribution in [3.05, 3.63) is 78.5 Å². The summed E-state index contributed by atoms with van der Waals surface area (Å²) in [5.74, 6) is 1.18. The van der Waals surface area contributed by atoms with Crippen molar-refractivity contribution in [2.75, 3.05) is 12.4 Å². The van der Waals surface area contributed by atoms with E-state index < -0.39 is 0 Å². The summed E-state index contributed by atoms with van der Waals surface area (Å²) in [7, 11) is 1.53. The van der Waals surface area contributed by atoms with Crippen molar-refractivity contribution >= 4 is 11.6 Å². The van der Waals surface area contributed by atoms with E-state index in [-0.39, 0.29) is 5.91 Å². The predicted octanol–water partition coefficient (Wildman–Crippen LogP) is 4.13. The minimum atomic E-state index is -0.293. The minimum Gasteiger partial charge on any atom is -0.496 e. The summed E-state index contributed by atoms with van der Waals surface area (Å²) < 4.78 is 11.0. The van der Waals surface area contributed by atoms with Crippen LogP contribution in [0.25, 0.3) is 0 Å². The molecule has 0 aliphatic heterocycles. The van der Waals surface area contributed by atoms with Crippen molar-refractivity contribution in [2.45, 2.75) is 0 Å². The molecule has 5 heteroatoms. The monoisotopic (exact) mass is 320 g/mol. The first-order valence-electron chi connectivity index (χ1n) is 7.40. The van der Waals surface area contributed by atoms with E-state index in [4.69, 9.17) is 9.47 Å². The number of methoxy groups -OCH3 is 1. The fraction of sp³-hybridized carbons (Fsp3) is 0.0526. The maximum Gasteiger partial charge on any atom is 0.259 e. The molecule has 1 heterocycles. The van der Waals surface area contributed by atoms with Crippen LogP contribution in [0.2, 0.25) is 0 Å². The predicted molar refractivity (Wildman–Crippen MR) is 91.7 cm³/mol. The van der Waals surface area contributed by atoms with E-state index in [0.29, 0.717) is 28.6 Å². The molecule has 0 spiro atoms. The molecule has 0 radical (unpaired) electrons. The van der Waals surface area contributed by atoms with Crippen molar-refractivity contribution in [1.82, 2.24) is 4.98 Å². The van der Waals surface area contributed by atoms with Gasteiger partial charge < -0.3 is 14.8 Å². The number of benzene rings is 2. The Hall–Kier alpha value is -3.34. The Bertz CT molecular complexity index is 835. The molecule has 1 aromatic heterocycles. The number of nitrogens with one attached hydrogen (secondary N) is 1. The second kappa shape index (κ2) is 7.28. The number of aromatic nitrogens is 1. The highest BCUT2D eigenvalue weighted by atomic mass is 16.5. The summed E-state index contributed by atoms with van der Waals surface area (Å²) in [4.78, 5) is 16.7. The minimum absolute atomic E-state index is 0.293. The van der Waals surface area contributed by atoms with E-state index in [0.717, 1.165) is 0 Å². The molecule has 3 aromatic rings. The van der Waals surface area contributed by atoms with Gasteiger partial charge in [0.2, 0.25) is 5.88 Å². The van der Waals surface area contributed by atoms with E-state index in [1.165, 1.54) is 7.11 Å². The van der Waals surface area contributed by atoms with Gasteiger partial charge in [-0.05, 0) is 36.4 Å². The molecule has 3 rings (SSSR count). The third-order valence-electron chi connectivity index (χ3n) is 3.33. The SMILES string of the molecule is COc1ccccc1C(=O)Nc1cccnc1Oc1ccccc1. The number of hydrogen-bond donors (Lipinski definition) is 1. The molecule has 2 aromatic carbocycles. The van der Waals surface area contributed by atoms with Crippen LogP contribution in [-0.4, -0.2) is 18.0 Å². The Balaban J connectivity index is 1.84. The third kappa shape index (κ3) is 3.52. The van der Waals surface area contributed by atoms with E-state index in [1.54, 1.807) is 36.5 Å². The van der Waals surface area contributed by atoms with E-state index >= 15 is 0 Å². The molecule has 0 fully saturated rings. The Morgan fingerprint density at radius 3 is 2.50 bits per heavy atom.